The summed E-state index contributed by atoms with van der Waals surface area (Å²) in [4.78, 5) is 31.9. The van der Waals surface area contributed by atoms with E-state index in [9.17, 15) is 19.5 Å². The Morgan fingerprint density at radius 1 is 1.09 bits per heavy atom. The van der Waals surface area contributed by atoms with Gasteiger partial charge in [0.2, 0.25) is 5.91 Å². The van der Waals surface area contributed by atoms with Crippen LogP contribution in [0.3, 0.4) is 0 Å². The highest BCUT2D eigenvalue weighted by atomic mass is 32.1. The molecule has 32 heavy (non-hydrogen) atoms. The number of nitrogens with one attached hydrogen (secondary N) is 2. The number of aldehydes is 1. The molecule has 0 spiro atoms. The molecule has 1 rings (SSSR count). The maximum Gasteiger partial charge on any atom is 0.337 e. The van der Waals surface area contributed by atoms with Gasteiger partial charge in [0.05, 0.1) is 18.2 Å². The second-order valence-electron chi connectivity index (χ2n) is 6.15. The molecule has 1 aromatic rings. The number of amides is 1. The molecule has 8 nitrogen and oxygen atoms in total. The number of carboxylic acid groups (broad SMARTS) is 1. The first-order chi connectivity index (χ1) is 15.2. The Labute approximate surface area is 199 Å². The van der Waals surface area contributed by atoms with Crippen molar-refractivity contribution in [2.24, 2.45) is 5.92 Å². The number of thiol groups is 1. The van der Waals surface area contributed by atoms with Crippen molar-refractivity contribution in [2.75, 3.05) is 25.2 Å². The van der Waals surface area contributed by atoms with E-state index in [-0.39, 0.29) is 17.5 Å². The highest BCUT2D eigenvalue weighted by Gasteiger charge is 2.13. The average Bonchev–Trinajstić information content (AvgIpc) is 2.81. The van der Waals surface area contributed by atoms with Crippen LogP contribution in [0, 0.1) is 5.92 Å². The normalized spacial score (nSPS) is 10.7. The van der Waals surface area contributed by atoms with E-state index in [2.05, 4.69) is 23.3 Å². The number of carboxylic acids is 1. The quantitative estimate of drug-likeness (QED) is 0.248. The van der Waals surface area contributed by atoms with Crippen LogP contribution in [0.25, 0.3) is 0 Å². The van der Waals surface area contributed by atoms with Crippen molar-refractivity contribution in [3.05, 3.63) is 29.3 Å². The predicted molar refractivity (Wildman–Crippen MR) is 136 cm³/mol. The van der Waals surface area contributed by atoms with Crippen LogP contribution in [-0.4, -0.2) is 59.4 Å². The smallest absolute Gasteiger partial charge is 0.337 e. The second-order valence-corrected chi connectivity index (χ2v) is 6.15. The van der Waals surface area contributed by atoms with E-state index in [4.69, 9.17) is 10.2 Å². The van der Waals surface area contributed by atoms with Crippen LogP contribution >= 0.6 is 12.6 Å². The molecule has 5 N–H and O–H groups in total. The maximum absolute atomic E-state index is 11.0. The molecule has 2 atom stereocenters. The van der Waals surface area contributed by atoms with Gasteiger partial charge in [-0.05, 0) is 36.8 Å². The van der Waals surface area contributed by atoms with Gasteiger partial charge in [0.1, 0.15) is 12.4 Å². The van der Waals surface area contributed by atoms with Gasteiger partial charge in [-0.25, -0.2) is 4.79 Å². The molecule has 188 valence electrons. The molecule has 0 aliphatic heterocycles. The SMILES string of the molecule is CC.CC.CC(C)CC(=O)NC(C)C=O.CNc1ccc(C(O)CO)cc1C(=O)O.CS. The van der Waals surface area contributed by atoms with Crippen LogP contribution < -0.4 is 10.6 Å². The molecule has 0 bridgehead atoms. The minimum Gasteiger partial charge on any atom is -0.478 e. The van der Waals surface area contributed by atoms with Crippen molar-refractivity contribution < 1.29 is 29.7 Å². The van der Waals surface area contributed by atoms with E-state index in [0.29, 0.717) is 23.6 Å². The van der Waals surface area contributed by atoms with Gasteiger partial charge in [0, 0.05) is 19.2 Å². The van der Waals surface area contributed by atoms with Gasteiger partial charge in [-0.3, -0.25) is 4.79 Å². The van der Waals surface area contributed by atoms with E-state index in [1.807, 2.05) is 41.5 Å². The molecule has 0 saturated heterocycles. The Balaban J connectivity index is -0.000000204. The minimum absolute atomic E-state index is 0.0559. The lowest BCUT2D eigenvalue weighted by Gasteiger charge is -2.11. The summed E-state index contributed by atoms with van der Waals surface area (Å²) < 4.78 is 0. The number of benzene rings is 1. The standard InChI is InChI=1S/C10H13NO4.C8H15NO2.2C2H6.CH4S/c1-11-8-3-2-6(9(13)5-12)4-7(8)10(14)15;1-6(2)4-8(11)9-7(3)5-10;3*1-2/h2-4,9,11-13H,5H2,1H3,(H,14,15);5-7H,4H2,1-3H3,(H,9,11);2*1-2H3;2H,1H3. The van der Waals surface area contributed by atoms with Crippen molar-refractivity contribution in [2.45, 2.75) is 67.0 Å². The maximum atomic E-state index is 11.0. The van der Waals surface area contributed by atoms with E-state index in [1.54, 1.807) is 32.4 Å². The fourth-order valence-electron chi connectivity index (χ4n) is 1.99. The predicted octanol–water partition coefficient (Wildman–Crippen LogP) is 3.79. The number of carbonyl (C=O) groups is 3. The van der Waals surface area contributed by atoms with Crippen LogP contribution in [0.1, 0.15) is 76.9 Å². The minimum atomic E-state index is -1.08. The van der Waals surface area contributed by atoms with Gasteiger partial charge in [0.15, 0.2) is 0 Å². The summed E-state index contributed by atoms with van der Waals surface area (Å²) in [7, 11) is 1.61. The highest BCUT2D eigenvalue weighted by molar-refractivity contribution is 7.79. The fraction of sp³-hybridized carbons (Fsp3) is 0.609. The Morgan fingerprint density at radius 2 is 1.59 bits per heavy atom. The first-order valence-electron chi connectivity index (χ1n) is 10.7. The zero-order chi connectivity index (χ0) is 26.3. The molecule has 0 saturated carbocycles. The van der Waals surface area contributed by atoms with Gasteiger partial charge in [-0.2, -0.15) is 12.6 Å². The largest absolute Gasteiger partial charge is 0.478 e. The van der Waals surface area contributed by atoms with Crippen molar-refractivity contribution in [1.82, 2.24) is 5.32 Å². The lowest BCUT2D eigenvalue weighted by atomic mass is 10.0. The van der Waals surface area contributed by atoms with Crippen LogP contribution in [0.2, 0.25) is 0 Å². The van der Waals surface area contributed by atoms with E-state index in [0.717, 1.165) is 6.29 Å². The number of aliphatic hydroxyl groups excluding tert-OH is 2. The molecule has 0 fully saturated rings. The number of aliphatic hydroxyl groups is 2. The summed E-state index contributed by atoms with van der Waals surface area (Å²) in [5.41, 5.74) is 0.924. The van der Waals surface area contributed by atoms with E-state index in [1.165, 1.54) is 6.07 Å². The Kier molecular flexibility index (Phi) is 29.3. The van der Waals surface area contributed by atoms with Gasteiger partial charge in [0.25, 0.3) is 0 Å². The lowest BCUT2D eigenvalue weighted by molar-refractivity contribution is -0.124. The number of carbonyl (C=O) groups excluding carboxylic acids is 2. The van der Waals surface area contributed by atoms with E-state index < -0.39 is 18.7 Å². The zero-order valence-corrected chi connectivity index (χ0v) is 21.9. The summed E-state index contributed by atoms with van der Waals surface area (Å²) in [6.07, 6.45) is 1.85. The molecule has 9 heteroatoms. The molecule has 0 aliphatic carbocycles. The van der Waals surface area contributed by atoms with Crippen molar-refractivity contribution in [1.29, 1.82) is 0 Å². The third-order valence-corrected chi connectivity index (χ3v) is 3.29. The van der Waals surface area contributed by atoms with Crippen LogP contribution in [0.15, 0.2) is 18.2 Å². The molecule has 0 radical (unpaired) electrons. The molecular weight excluding hydrogens is 432 g/mol. The van der Waals surface area contributed by atoms with Gasteiger partial charge in [-0.1, -0.05) is 47.6 Å². The van der Waals surface area contributed by atoms with Gasteiger partial charge >= 0.3 is 5.97 Å². The third kappa shape index (κ3) is 18.7. The summed E-state index contributed by atoms with van der Waals surface area (Å²) in [6, 6.07) is 4.10. The monoisotopic (exact) mass is 476 g/mol. The number of hydrogen-bond acceptors (Lipinski definition) is 7. The molecule has 0 aliphatic rings. The summed E-state index contributed by atoms with van der Waals surface area (Å²) in [6.45, 7) is 13.2. The first-order valence-corrected chi connectivity index (χ1v) is 11.6. The summed E-state index contributed by atoms with van der Waals surface area (Å²) in [5.74, 6) is -0.792. The molecule has 1 aromatic carbocycles. The molecule has 0 aromatic heterocycles. The van der Waals surface area contributed by atoms with Gasteiger partial charge < -0.3 is 30.7 Å². The summed E-state index contributed by atoms with van der Waals surface area (Å²) >= 11 is 3.53. The van der Waals surface area contributed by atoms with E-state index >= 15 is 0 Å². The zero-order valence-electron chi connectivity index (χ0n) is 21.0. The topological polar surface area (TPSA) is 136 Å². The Hall–Kier alpha value is -2.10. The van der Waals surface area contributed by atoms with Crippen molar-refractivity contribution >= 4 is 36.5 Å². The first kappa shape index (κ1) is 37.2. The highest BCUT2D eigenvalue weighted by Crippen LogP contribution is 2.21. The van der Waals surface area contributed by atoms with Crippen LogP contribution in [0.5, 0.6) is 0 Å². The molecular formula is C23H44N2O6S. The molecule has 2 unspecified atom stereocenters. The average molecular weight is 477 g/mol. The lowest BCUT2D eigenvalue weighted by Crippen LogP contribution is -2.34. The summed E-state index contributed by atoms with van der Waals surface area (Å²) in [5, 5.41) is 32.2. The third-order valence-electron chi connectivity index (χ3n) is 3.29. The molecule has 0 heterocycles. The van der Waals surface area contributed by atoms with Crippen LogP contribution in [0.4, 0.5) is 5.69 Å². The Morgan fingerprint density at radius 3 is 1.94 bits per heavy atom. The van der Waals surface area contributed by atoms with Gasteiger partial charge in [-0.15, -0.1) is 0 Å². The number of aromatic carboxylic acids is 1. The van der Waals surface area contributed by atoms with Crippen molar-refractivity contribution in [3.8, 4) is 0 Å². The number of anilines is 1. The fourth-order valence-corrected chi connectivity index (χ4v) is 1.99. The number of rotatable bonds is 8. The Bertz CT molecular complexity index is 612. The van der Waals surface area contributed by atoms with Crippen LogP contribution in [-0.2, 0) is 9.59 Å². The second kappa shape index (κ2) is 25.2. The number of hydrogen-bond donors (Lipinski definition) is 6. The molecule has 1 amide bonds. The van der Waals surface area contributed by atoms with Crippen molar-refractivity contribution in [3.63, 3.8) is 0 Å².